The van der Waals surface area contributed by atoms with E-state index in [4.69, 9.17) is 4.74 Å². The van der Waals surface area contributed by atoms with Gasteiger partial charge in [0.2, 0.25) is 0 Å². The van der Waals surface area contributed by atoms with Gasteiger partial charge in [0.25, 0.3) is 0 Å². The third-order valence-electron chi connectivity index (χ3n) is 5.88. The lowest BCUT2D eigenvalue weighted by Crippen LogP contribution is -2.36. The number of imidazole rings is 1. The Bertz CT molecular complexity index is 1420. The minimum Gasteiger partial charge on any atom is -0.493 e. The van der Waals surface area contributed by atoms with Crippen molar-refractivity contribution in [2.75, 3.05) is 7.11 Å². The van der Waals surface area contributed by atoms with E-state index in [1.807, 2.05) is 13.1 Å². The average Bonchev–Trinajstić information content (AvgIpc) is 3.47. The van der Waals surface area contributed by atoms with Crippen molar-refractivity contribution >= 4 is 12.2 Å². The minimum atomic E-state index is -1.80. The fraction of sp³-hybridized carbons (Fsp3) is 0.250. The van der Waals surface area contributed by atoms with Crippen LogP contribution in [-0.4, -0.2) is 41.5 Å². The van der Waals surface area contributed by atoms with Gasteiger partial charge in [0, 0.05) is 18.9 Å². The van der Waals surface area contributed by atoms with Gasteiger partial charge in [0.05, 0.1) is 12.8 Å². The molecule has 0 spiro atoms. The first-order chi connectivity index (χ1) is 16.8. The summed E-state index contributed by atoms with van der Waals surface area (Å²) in [5.41, 5.74) is -0.355. The Balaban J connectivity index is 1.45. The van der Waals surface area contributed by atoms with Crippen LogP contribution in [0.3, 0.4) is 0 Å². The predicted octanol–water partition coefficient (Wildman–Crippen LogP) is 3.79. The van der Waals surface area contributed by atoms with Crippen molar-refractivity contribution in [2.45, 2.75) is 31.9 Å². The number of hydrogen-bond donors (Lipinski definition) is 1. The lowest BCUT2D eigenvalue weighted by molar-refractivity contribution is 0.0387. The van der Waals surface area contributed by atoms with E-state index in [1.54, 1.807) is 42.4 Å². The zero-order valence-corrected chi connectivity index (χ0v) is 18.9. The number of aliphatic hydroxyl groups is 1. The first-order valence-corrected chi connectivity index (χ1v) is 10.8. The van der Waals surface area contributed by atoms with Gasteiger partial charge in [0.15, 0.2) is 40.7 Å². The topological polar surface area (TPSA) is 90.9 Å². The predicted molar refractivity (Wildman–Crippen MR) is 120 cm³/mol. The van der Waals surface area contributed by atoms with Crippen LogP contribution in [0.25, 0.3) is 18.0 Å². The van der Waals surface area contributed by atoms with Crippen molar-refractivity contribution in [3.63, 3.8) is 0 Å². The van der Waals surface area contributed by atoms with Gasteiger partial charge >= 0.3 is 0 Å². The Morgan fingerprint density at radius 1 is 1.11 bits per heavy atom. The molecule has 5 rings (SSSR count). The standard InChI is InChI=1S/C24H21F3N6O2/c1-14-12-32(13-29-14)22-19(35-2)8-15(11-28-22)4-5-20-30-23-24(34,6-3-7-33(23)31-20)16-9-17(25)21(27)18(26)10-16/h4-5,8-13,34H,3,6-7H2,1-2H3/t24-/m1/s1. The Morgan fingerprint density at radius 3 is 2.57 bits per heavy atom. The number of rotatable bonds is 5. The number of aromatic nitrogens is 6. The van der Waals surface area contributed by atoms with Gasteiger partial charge in [0.1, 0.15) is 11.9 Å². The van der Waals surface area contributed by atoms with Crippen LogP contribution < -0.4 is 4.74 Å². The first kappa shape index (κ1) is 22.8. The summed E-state index contributed by atoms with van der Waals surface area (Å²) in [6, 6.07) is 3.38. The molecule has 4 heterocycles. The summed E-state index contributed by atoms with van der Waals surface area (Å²) in [6.07, 6.45) is 9.16. The quantitative estimate of drug-likeness (QED) is 0.436. The smallest absolute Gasteiger partial charge is 0.194 e. The normalized spacial score (nSPS) is 17.7. The molecule has 1 aromatic carbocycles. The summed E-state index contributed by atoms with van der Waals surface area (Å²) in [6.45, 7) is 2.35. The van der Waals surface area contributed by atoms with E-state index in [0.29, 0.717) is 30.1 Å². The molecule has 0 aliphatic carbocycles. The number of benzene rings is 1. The molecular weight excluding hydrogens is 461 g/mol. The van der Waals surface area contributed by atoms with E-state index < -0.39 is 23.1 Å². The fourth-order valence-electron chi connectivity index (χ4n) is 4.15. The molecule has 3 aromatic heterocycles. The summed E-state index contributed by atoms with van der Waals surface area (Å²) in [4.78, 5) is 13.1. The molecule has 180 valence electrons. The summed E-state index contributed by atoms with van der Waals surface area (Å²) in [5.74, 6) is -2.79. The molecule has 0 fully saturated rings. The van der Waals surface area contributed by atoms with E-state index in [-0.39, 0.29) is 23.6 Å². The van der Waals surface area contributed by atoms with Crippen LogP contribution in [-0.2, 0) is 12.1 Å². The molecule has 4 aromatic rings. The maximum absolute atomic E-state index is 13.9. The molecular formula is C24H21F3N6O2. The van der Waals surface area contributed by atoms with E-state index in [9.17, 15) is 18.3 Å². The van der Waals surface area contributed by atoms with Crippen molar-refractivity contribution in [3.05, 3.63) is 82.8 Å². The minimum absolute atomic E-state index is 0.114. The fourth-order valence-corrected chi connectivity index (χ4v) is 4.15. The van der Waals surface area contributed by atoms with Crippen molar-refractivity contribution in [2.24, 2.45) is 0 Å². The molecule has 1 N–H and O–H groups in total. The molecule has 0 radical (unpaired) electrons. The molecule has 1 aliphatic heterocycles. The zero-order chi connectivity index (χ0) is 24.7. The second-order valence-electron chi connectivity index (χ2n) is 8.28. The first-order valence-electron chi connectivity index (χ1n) is 10.8. The van der Waals surface area contributed by atoms with Crippen LogP contribution in [0.4, 0.5) is 13.2 Å². The Hall–Kier alpha value is -3.99. The molecule has 0 amide bonds. The van der Waals surface area contributed by atoms with Crippen LogP contribution in [0.1, 0.15) is 41.3 Å². The van der Waals surface area contributed by atoms with Gasteiger partial charge < -0.3 is 9.84 Å². The second kappa shape index (κ2) is 8.66. The van der Waals surface area contributed by atoms with Gasteiger partial charge in [-0.1, -0.05) is 0 Å². The number of pyridine rings is 1. The Morgan fingerprint density at radius 2 is 1.89 bits per heavy atom. The number of aryl methyl sites for hydroxylation is 2. The van der Waals surface area contributed by atoms with Crippen LogP contribution in [0.2, 0.25) is 0 Å². The SMILES string of the molecule is COc1cc(C=Cc2nc3n(n2)CCC[C@@]3(O)c2cc(F)c(F)c(F)c2)cnc1-n1cnc(C)c1. The highest BCUT2D eigenvalue weighted by Gasteiger charge is 2.40. The van der Waals surface area contributed by atoms with Gasteiger partial charge in [-0.2, -0.15) is 5.10 Å². The third-order valence-corrected chi connectivity index (χ3v) is 5.88. The number of ether oxygens (including phenoxy) is 1. The highest BCUT2D eigenvalue weighted by atomic mass is 19.2. The van der Waals surface area contributed by atoms with E-state index >= 15 is 0 Å². The molecule has 11 heteroatoms. The summed E-state index contributed by atoms with van der Waals surface area (Å²) in [7, 11) is 1.55. The molecule has 1 atom stereocenters. The molecule has 0 bridgehead atoms. The van der Waals surface area contributed by atoms with Crippen LogP contribution in [0, 0.1) is 24.4 Å². The highest BCUT2D eigenvalue weighted by Crippen LogP contribution is 2.37. The third kappa shape index (κ3) is 4.08. The monoisotopic (exact) mass is 482 g/mol. The molecule has 8 nitrogen and oxygen atoms in total. The Labute approximate surface area is 198 Å². The number of fused-ring (bicyclic) bond motifs is 1. The van der Waals surface area contributed by atoms with Gasteiger partial charge in [-0.15, -0.1) is 0 Å². The van der Waals surface area contributed by atoms with Crippen molar-refractivity contribution in [1.29, 1.82) is 0 Å². The lowest BCUT2D eigenvalue weighted by atomic mass is 9.86. The summed E-state index contributed by atoms with van der Waals surface area (Å²) >= 11 is 0. The van der Waals surface area contributed by atoms with Crippen molar-refractivity contribution in [3.8, 4) is 11.6 Å². The largest absolute Gasteiger partial charge is 0.493 e. The molecule has 0 saturated heterocycles. The van der Waals surface area contributed by atoms with Crippen LogP contribution in [0.5, 0.6) is 5.75 Å². The second-order valence-corrected chi connectivity index (χ2v) is 8.28. The molecule has 35 heavy (non-hydrogen) atoms. The van der Waals surface area contributed by atoms with E-state index in [1.165, 1.54) is 4.68 Å². The van der Waals surface area contributed by atoms with Gasteiger partial charge in [-0.25, -0.2) is 32.8 Å². The number of methoxy groups -OCH3 is 1. The molecule has 1 aliphatic rings. The summed E-state index contributed by atoms with van der Waals surface area (Å²) in [5, 5.41) is 15.7. The lowest BCUT2D eigenvalue weighted by Gasteiger charge is -2.31. The van der Waals surface area contributed by atoms with Crippen LogP contribution in [0.15, 0.2) is 36.9 Å². The Kier molecular flexibility index (Phi) is 5.64. The van der Waals surface area contributed by atoms with Crippen molar-refractivity contribution in [1.82, 2.24) is 29.3 Å². The summed E-state index contributed by atoms with van der Waals surface area (Å²) < 4.78 is 49.9. The van der Waals surface area contributed by atoms with Crippen LogP contribution >= 0.6 is 0 Å². The highest BCUT2D eigenvalue weighted by molar-refractivity contribution is 5.67. The van der Waals surface area contributed by atoms with Crippen molar-refractivity contribution < 1.29 is 23.0 Å². The van der Waals surface area contributed by atoms with Gasteiger partial charge in [-0.05, 0) is 61.2 Å². The molecule has 0 unspecified atom stereocenters. The maximum Gasteiger partial charge on any atom is 0.194 e. The van der Waals surface area contributed by atoms with E-state index in [0.717, 1.165) is 17.8 Å². The number of hydrogen-bond acceptors (Lipinski definition) is 6. The maximum atomic E-state index is 13.9. The molecule has 0 saturated carbocycles. The number of halogens is 3. The zero-order valence-electron chi connectivity index (χ0n) is 18.9. The van der Waals surface area contributed by atoms with E-state index in [2.05, 4.69) is 20.1 Å². The average molecular weight is 482 g/mol. The number of nitrogens with zero attached hydrogens (tertiary/aromatic N) is 6. The van der Waals surface area contributed by atoms with Gasteiger partial charge in [-0.3, -0.25) is 4.57 Å².